The third kappa shape index (κ3) is 4.30. The quantitative estimate of drug-likeness (QED) is 0.606. The maximum absolute atomic E-state index is 13.1. The molecule has 0 N–H and O–H groups in total. The van der Waals surface area contributed by atoms with Gasteiger partial charge in [0.1, 0.15) is 11.5 Å². The standard InChI is InChI=1S/C25H25N3O2/c1-17-15-23(27-18(2)26-17)25(30)28-14-6-9-22(16-28)24(29)21-12-10-20(11-13-21)19-7-4-3-5-8-19/h3-5,7-8,10-13,15,22H,6,9,14,16H2,1-2H3/t22-/m0/s1. The predicted molar refractivity (Wildman–Crippen MR) is 116 cm³/mol. The molecule has 0 radical (unpaired) electrons. The first-order chi connectivity index (χ1) is 14.5. The van der Waals surface area contributed by atoms with E-state index in [1.54, 1.807) is 17.9 Å². The first-order valence-electron chi connectivity index (χ1n) is 10.3. The van der Waals surface area contributed by atoms with Crippen LogP contribution in [0.2, 0.25) is 0 Å². The number of amides is 1. The van der Waals surface area contributed by atoms with Crippen LogP contribution in [0, 0.1) is 19.8 Å². The molecule has 152 valence electrons. The van der Waals surface area contributed by atoms with Crippen molar-refractivity contribution < 1.29 is 9.59 Å². The minimum absolute atomic E-state index is 0.0992. The number of piperidine rings is 1. The van der Waals surface area contributed by atoms with E-state index in [-0.39, 0.29) is 17.6 Å². The van der Waals surface area contributed by atoms with Gasteiger partial charge in [-0.25, -0.2) is 9.97 Å². The molecule has 1 fully saturated rings. The van der Waals surface area contributed by atoms with Crippen LogP contribution in [0.5, 0.6) is 0 Å². The van der Waals surface area contributed by atoms with E-state index in [0.717, 1.165) is 29.7 Å². The summed E-state index contributed by atoms with van der Waals surface area (Å²) in [5.41, 5.74) is 4.08. The molecule has 0 saturated carbocycles. The first kappa shape index (κ1) is 20.0. The summed E-state index contributed by atoms with van der Waals surface area (Å²) in [6, 6.07) is 19.6. The summed E-state index contributed by atoms with van der Waals surface area (Å²) < 4.78 is 0. The van der Waals surface area contributed by atoms with E-state index in [4.69, 9.17) is 0 Å². The lowest BCUT2D eigenvalue weighted by molar-refractivity contribution is 0.0631. The molecular weight excluding hydrogens is 374 g/mol. The number of ketones is 1. The van der Waals surface area contributed by atoms with Gasteiger partial charge in [0.25, 0.3) is 5.91 Å². The van der Waals surface area contributed by atoms with E-state index in [9.17, 15) is 9.59 Å². The van der Waals surface area contributed by atoms with E-state index in [1.165, 1.54) is 0 Å². The average molecular weight is 399 g/mol. The Morgan fingerprint density at radius 3 is 2.33 bits per heavy atom. The second-order valence-corrected chi connectivity index (χ2v) is 7.84. The summed E-state index contributed by atoms with van der Waals surface area (Å²) in [5.74, 6) is 0.374. The Kier molecular flexibility index (Phi) is 5.70. The molecule has 4 rings (SSSR count). The van der Waals surface area contributed by atoms with E-state index >= 15 is 0 Å². The van der Waals surface area contributed by atoms with Gasteiger partial charge in [-0.05, 0) is 43.9 Å². The zero-order valence-electron chi connectivity index (χ0n) is 17.3. The Hall–Kier alpha value is -3.34. The summed E-state index contributed by atoms with van der Waals surface area (Å²) in [7, 11) is 0. The van der Waals surface area contributed by atoms with Crippen LogP contribution in [0.3, 0.4) is 0 Å². The summed E-state index contributed by atoms with van der Waals surface area (Å²) in [5, 5.41) is 0. The lowest BCUT2D eigenvalue weighted by Crippen LogP contribution is -2.42. The van der Waals surface area contributed by atoms with Crippen LogP contribution >= 0.6 is 0 Å². The highest BCUT2D eigenvalue weighted by Crippen LogP contribution is 2.24. The molecule has 0 unspecified atom stereocenters. The largest absolute Gasteiger partial charge is 0.337 e. The fourth-order valence-electron chi connectivity index (χ4n) is 4.06. The molecule has 1 amide bonds. The van der Waals surface area contributed by atoms with Gasteiger partial charge in [0, 0.05) is 30.3 Å². The lowest BCUT2D eigenvalue weighted by atomic mass is 9.89. The van der Waals surface area contributed by atoms with E-state index in [1.807, 2.05) is 49.4 Å². The summed E-state index contributed by atoms with van der Waals surface area (Å²) in [6.07, 6.45) is 1.61. The molecule has 0 spiro atoms. The van der Waals surface area contributed by atoms with Crippen LogP contribution in [0.1, 0.15) is 45.2 Å². The molecule has 1 aliphatic rings. The number of benzene rings is 2. The Morgan fingerprint density at radius 1 is 0.933 bits per heavy atom. The van der Waals surface area contributed by atoms with Crippen LogP contribution in [0.15, 0.2) is 60.7 Å². The van der Waals surface area contributed by atoms with Crippen LogP contribution in [0.25, 0.3) is 11.1 Å². The number of aryl methyl sites for hydroxylation is 2. The van der Waals surface area contributed by atoms with Crippen molar-refractivity contribution in [2.24, 2.45) is 5.92 Å². The molecular formula is C25H25N3O2. The fraction of sp³-hybridized carbons (Fsp3) is 0.280. The minimum Gasteiger partial charge on any atom is -0.337 e. The maximum atomic E-state index is 13.1. The number of nitrogens with zero attached hydrogens (tertiary/aromatic N) is 3. The number of rotatable bonds is 4. The summed E-state index contributed by atoms with van der Waals surface area (Å²) >= 11 is 0. The number of carbonyl (C=O) groups is 2. The van der Waals surface area contributed by atoms with E-state index in [0.29, 0.717) is 30.2 Å². The van der Waals surface area contributed by atoms with Crippen molar-refractivity contribution in [1.82, 2.24) is 14.9 Å². The highest BCUT2D eigenvalue weighted by atomic mass is 16.2. The third-order valence-corrected chi connectivity index (χ3v) is 5.54. The topological polar surface area (TPSA) is 63.2 Å². The molecule has 0 bridgehead atoms. The van der Waals surface area contributed by atoms with Crippen LogP contribution in [-0.2, 0) is 0 Å². The van der Waals surface area contributed by atoms with E-state index < -0.39 is 0 Å². The van der Waals surface area contributed by atoms with Crippen molar-refractivity contribution in [3.05, 3.63) is 83.4 Å². The molecule has 0 aliphatic carbocycles. The number of hydrogen-bond acceptors (Lipinski definition) is 4. The zero-order chi connectivity index (χ0) is 21.1. The zero-order valence-corrected chi connectivity index (χ0v) is 17.3. The molecule has 5 heteroatoms. The number of aromatic nitrogens is 2. The monoisotopic (exact) mass is 399 g/mol. The third-order valence-electron chi connectivity index (χ3n) is 5.54. The van der Waals surface area contributed by atoms with Crippen molar-refractivity contribution in [2.45, 2.75) is 26.7 Å². The highest BCUT2D eigenvalue weighted by Gasteiger charge is 2.30. The van der Waals surface area contributed by atoms with Gasteiger partial charge in [0.15, 0.2) is 5.78 Å². The van der Waals surface area contributed by atoms with Crippen molar-refractivity contribution in [3.63, 3.8) is 0 Å². The normalized spacial score (nSPS) is 16.3. The minimum atomic E-state index is -0.186. The molecule has 30 heavy (non-hydrogen) atoms. The van der Waals surface area contributed by atoms with Crippen LogP contribution in [0.4, 0.5) is 0 Å². The second kappa shape index (κ2) is 8.57. The van der Waals surface area contributed by atoms with Gasteiger partial charge in [0.2, 0.25) is 0 Å². The predicted octanol–water partition coefficient (Wildman–Crippen LogP) is 4.50. The number of carbonyl (C=O) groups excluding carboxylic acids is 2. The second-order valence-electron chi connectivity index (χ2n) is 7.84. The Bertz CT molecular complexity index is 1040. The van der Waals surface area contributed by atoms with Crippen molar-refractivity contribution >= 4 is 11.7 Å². The van der Waals surface area contributed by atoms with Crippen molar-refractivity contribution in [2.75, 3.05) is 13.1 Å². The average Bonchev–Trinajstić information content (AvgIpc) is 2.78. The molecule has 2 heterocycles. The number of hydrogen-bond donors (Lipinski definition) is 0. The Labute approximate surface area is 176 Å². The number of Topliss-reactive ketones (excluding diaryl/α,β-unsaturated/α-hetero) is 1. The lowest BCUT2D eigenvalue weighted by Gasteiger charge is -2.32. The maximum Gasteiger partial charge on any atom is 0.272 e. The van der Waals surface area contributed by atoms with Gasteiger partial charge < -0.3 is 4.90 Å². The molecule has 5 nitrogen and oxygen atoms in total. The summed E-state index contributed by atoms with van der Waals surface area (Å²) in [6.45, 7) is 4.72. The molecule has 1 atom stereocenters. The first-order valence-corrected chi connectivity index (χ1v) is 10.3. The molecule has 1 aliphatic heterocycles. The Morgan fingerprint density at radius 2 is 1.63 bits per heavy atom. The number of likely N-dealkylation sites (tertiary alicyclic amines) is 1. The van der Waals surface area contributed by atoms with Gasteiger partial charge in [-0.3, -0.25) is 9.59 Å². The summed E-state index contributed by atoms with van der Waals surface area (Å²) in [4.78, 5) is 36.3. The molecule has 2 aromatic carbocycles. The smallest absolute Gasteiger partial charge is 0.272 e. The van der Waals surface area contributed by atoms with Gasteiger partial charge in [-0.2, -0.15) is 0 Å². The van der Waals surface area contributed by atoms with Crippen LogP contribution in [-0.4, -0.2) is 39.6 Å². The van der Waals surface area contributed by atoms with Crippen molar-refractivity contribution in [1.29, 1.82) is 0 Å². The van der Waals surface area contributed by atoms with Crippen molar-refractivity contribution in [3.8, 4) is 11.1 Å². The van der Waals surface area contributed by atoms with Gasteiger partial charge in [-0.15, -0.1) is 0 Å². The highest BCUT2D eigenvalue weighted by molar-refractivity contribution is 5.99. The SMILES string of the molecule is Cc1cc(C(=O)N2CCC[C@H](C(=O)c3ccc(-c4ccccc4)cc3)C2)nc(C)n1. The molecule has 1 saturated heterocycles. The van der Waals surface area contributed by atoms with Gasteiger partial charge in [-0.1, -0.05) is 54.6 Å². The molecule has 3 aromatic rings. The van der Waals surface area contributed by atoms with Gasteiger partial charge >= 0.3 is 0 Å². The Balaban J connectivity index is 1.47. The fourth-order valence-corrected chi connectivity index (χ4v) is 4.06. The molecule has 1 aromatic heterocycles. The van der Waals surface area contributed by atoms with Crippen LogP contribution < -0.4 is 0 Å². The van der Waals surface area contributed by atoms with E-state index in [2.05, 4.69) is 22.1 Å². The van der Waals surface area contributed by atoms with Gasteiger partial charge in [0.05, 0.1) is 0 Å².